The van der Waals surface area contributed by atoms with Crippen LogP contribution in [-0.2, 0) is 32.8 Å². The second kappa shape index (κ2) is 36.2. The van der Waals surface area contributed by atoms with E-state index in [-0.39, 0.29) is 52.7 Å². The molecule has 3 aromatic carbocycles. The van der Waals surface area contributed by atoms with Gasteiger partial charge in [-0.15, -0.1) is 0 Å². The molecule has 4 N–H and O–H groups in total. The third kappa shape index (κ3) is 25.8. The molecule has 7 aromatic rings. The summed E-state index contributed by atoms with van der Waals surface area (Å²) >= 11 is 53.5. The molecule has 3 saturated heterocycles. The monoisotopic (exact) mass is 1440 g/mol. The lowest BCUT2D eigenvalue weighted by molar-refractivity contribution is 0.00390. The molecule has 0 saturated carbocycles. The van der Waals surface area contributed by atoms with Crippen molar-refractivity contribution in [1.82, 2.24) is 40.1 Å². The number of imidazole rings is 2. The minimum Gasteiger partial charge on any atom is -0.444 e. The molecule has 4 aromatic heterocycles. The fourth-order valence-electron chi connectivity index (χ4n) is 8.03. The Hall–Kier alpha value is -1.86. The van der Waals surface area contributed by atoms with Gasteiger partial charge < -0.3 is 44.4 Å². The topological polar surface area (TPSA) is 167 Å². The molecule has 3 aliphatic heterocycles. The number of amides is 1. The van der Waals surface area contributed by atoms with E-state index in [0.29, 0.717) is 88.9 Å². The summed E-state index contributed by atoms with van der Waals surface area (Å²) in [6.07, 6.45) is 5.69. The molecule has 27 heteroatoms. The molecule has 10 rings (SSSR count). The van der Waals surface area contributed by atoms with Crippen LogP contribution in [-0.4, -0.2) is 109 Å². The number of halogens is 10. The van der Waals surface area contributed by atoms with Gasteiger partial charge in [-0.1, -0.05) is 109 Å². The number of aliphatic hydroxyl groups is 1. The molecule has 7 heterocycles. The van der Waals surface area contributed by atoms with Gasteiger partial charge in [-0.3, -0.25) is 0 Å². The maximum absolute atomic E-state index is 11.6. The number of H-pyrrole nitrogens is 2. The predicted molar refractivity (Wildman–Crippen MR) is 352 cm³/mol. The van der Waals surface area contributed by atoms with Crippen molar-refractivity contribution in [3.8, 4) is 0 Å². The molecule has 440 valence electrons. The van der Waals surface area contributed by atoms with Crippen LogP contribution in [0.15, 0.2) is 83.6 Å². The third-order valence-electron chi connectivity index (χ3n) is 11.5. The van der Waals surface area contributed by atoms with E-state index < -0.39 is 11.7 Å². The minimum absolute atomic E-state index is 0. The Bertz CT molecular complexity index is 2960. The van der Waals surface area contributed by atoms with Crippen LogP contribution < -0.4 is 10.2 Å². The van der Waals surface area contributed by atoms with Crippen LogP contribution in [0.5, 0.6) is 0 Å². The summed E-state index contributed by atoms with van der Waals surface area (Å²) in [6, 6.07) is 23.7. The highest BCUT2D eigenvalue weighted by atomic mass is 79.9. The number of aromatic nitrogens is 6. The average Bonchev–Trinajstić information content (AvgIpc) is 3.97. The minimum atomic E-state index is -0.459. The second-order valence-corrected chi connectivity index (χ2v) is 23.8. The van der Waals surface area contributed by atoms with Crippen molar-refractivity contribution in [3.05, 3.63) is 141 Å². The molecule has 0 bridgehead atoms. The van der Waals surface area contributed by atoms with E-state index in [9.17, 15) is 9.90 Å². The Labute approximate surface area is 545 Å². The Kier molecular flexibility index (Phi) is 32.8. The van der Waals surface area contributed by atoms with Crippen molar-refractivity contribution >= 4 is 200 Å². The van der Waals surface area contributed by atoms with Crippen LogP contribution in [0.1, 0.15) is 76.0 Å². The van der Waals surface area contributed by atoms with E-state index in [1.165, 1.54) is 6.42 Å². The summed E-state index contributed by atoms with van der Waals surface area (Å²) < 4.78 is 17.8. The lowest BCUT2D eigenvalue weighted by atomic mass is 10.1. The molecule has 1 amide bonds. The van der Waals surface area contributed by atoms with Crippen LogP contribution in [0.25, 0.3) is 22.3 Å². The zero-order valence-electron chi connectivity index (χ0n) is 43.9. The Balaban J connectivity index is 0.000000273. The van der Waals surface area contributed by atoms with Crippen LogP contribution in [0.3, 0.4) is 0 Å². The molecule has 0 spiro atoms. The molecular weight excluding hydrogens is 1380 g/mol. The molecule has 3 atom stereocenters. The van der Waals surface area contributed by atoms with Crippen molar-refractivity contribution < 1.29 is 24.1 Å². The summed E-state index contributed by atoms with van der Waals surface area (Å²) in [5.41, 5.74) is 5.65. The Morgan fingerprint density at radius 3 is 1.62 bits per heavy atom. The SMILES string of the molecule is CC(C)(C)OC(=O)N1CCC[C@H](O)C1.Clc1cc(Cl)cc(CBr)c1.Clc1cc(Cl)cc(CO[C@H]2CCCN(c3nc4nc(Cl)ccc4[nH]3)C2)c1.Clc1cc(Cl)cc(CO[C@H]2CCCNC2)c1.Clc1ccc2[nH]c(Br)nc2n1.S.S.S. The number of nitrogens with zero attached hydrogens (tertiary/aromatic N) is 6. The number of hydrogen-bond donors (Lipinski definition) is 4. The smallest absolute Gasteiger partial charge is 0.410 e. The largest absolute Gasteiger partial charge is 0.444 e. The first kappa shape index (κ1) is 72.4. The maximum atomic E-state index is 11.6. The summed E-state index contributed by atoms with van der Waals surface area (Å²) in [5, 5.41) is 18.3. The van der Waals surface area contributed by atoms with E-state index in [4.69, 9.17) is 107 Å². The number of carbonyl (C=O) groups excluding carboxylic acids is 1. The number of fused-ring (bicyclic) bond motifs is 2. The predicted octanol–water partition coefficient (Wildman–Crippen LogP) is 16.3. The number of benzene rings is 3. The molecule has 3 fully saturated rings. The van der Waals surface area contributed by atoms with Crippen molar-refractivity contribution in [1.29, 1.82) is 0 Å². The summed E-state index contributed by atoms with van der Waals surface area (Å²) in [4.78, 5) is 38.4. The van der Waals surface area contributed by atoms with Gasteiger partial charge in [-0.05, 0) is 177 Å². The van der Waals surface area contributed by atoms with Gasteiger partial charge in [0.1, 0.15) is 15.9 Å². The highest BCUT2D eigenvalue weighted by Crippen LogP contribution is 2.26. The summed E-state index contributed by atoms with van der Waals surface area (Å²) in [7, 11) is 0. The van der Waals surface area contributed by atoms with Crippen LogP contribution in [0, 0.1) is 0 Å². The van der Waals surface area contributed by atoms with Gasteiger partial charge in [0.05, 0.1) is 42.6 Å². The van der Waals surface area contributed by atoms with E-state index in [0.717, 1.165) is 97.3 Å². The lowest BCUT2D eigenvalue weighted by Crippen LogP contribution is -2.44. The number of pyridine rings is 2. The number of ether oxygens (including phenoxy) is 3. The molecule has 0 aliphatic carbocycles. The van der Waals surface area contributed by atoms with Gasteiger partial charge in [-0.25, -0.2) is 19.7 Å². The number of alkyl halides is 1. The van der Waals surface area contributed by atoms with Gasteiger partial charge in [-0.2, -0.15) is 45.5 Å². The van der Waals surface area contributed by atoms with Gasteiger partial charge in [0.25, 0.3) is 0 Å². The van der Waals surface area contributed by atoms with Crippen LogP contribution in [0.2, 0.25) is 40.4 Å². The molecule has 3 aliphatic rings. The third-order valence-corrected chi connectivity index (χ3v) is 14.2. The molecular formula is C53H65Br2Cl8N9O5S3. The normalized spacial score (nSPS) is 16.8. The number of rotatable bonds is 8. The molecule has 0 radical (unpaired) electrons. The fraction of sp³-hybridized carbons (Fsp3) is 0.415. The first-order chi connectivity index (χ1) is 36.7. The van der Waals surface area contributed by atoms with Crippen molar-refractivity contribution in [3.63, 3.8) is 0 Å². The van der Waals surface area contributed by atoms with E-state index >= 15 is 0 Å². The number of aliphatic hydroxyl groups excluding tert-OH is 1. The standard InChI is InChI=1S/C18H17Cl3N4O.C12H15Cl2NO.C10H19NO3.C7H5BrCl2.C6H3BrClN3.3H2S/c19-12-6-11(7-13(20)8-12)10-26-14-2-1-5-25(9-14)18-22-15-3-4-16(21)23-17(15)24-18;13-10-4-9(5-11(14)6-10)8-16-12-2-1-3-15-7-12;1-10(2,3)14-9(13)11-6-4-5-8(12)7-11;8-4-5-1-6(9)3-7(10)2-5;7-6-9-3-1-2-4(8)10-5(3)11-6;;;/h3-4,6-8,14H,1-2,5,9-10H2,(H,22,23,24);4-6,12,15H,1-3,7-8H2;8,12H,4-7H2,1-3H3;1-3H,4H2;1-2H,(H,9,10,11);3*1H2/t14-;12-;8-;;;;;/m000...../s1. The molecule has 0 unspecified atom stereocenters. The lowest BCUT2D eigenvalue weighted by Gasteiger charge is -2.32. The number of β-amino-alcohol motifs (C(OH)–C–C–N with tert-alkyl or cyclic N) is 1. The number of carbonyl (C=O) groups is 1. The van der Waals surface area contributed by atoms with E-state index in [1.807, 2.05) is 69.3 Å². The second-order valence-electron chi connectivity index (χ2n) is 19.1. The Morgan fingerprint density at radius 2 is 1.12 bits per heavy atom. The Morgan fingerprint density at radius 1 is 0.637 bits per heavy atom. The summed E-state index contributed by atoms with van der Waals surface area (Å²) in [6.45, 7) is 11.4. The van der Waals surface area contributed by atoms with Gasteiger partial charge in [0.15, 0.2) is 16.0 Å². The number of likely N-dealkylation sites (tertiary alicyclic amines) is 1. The fourth-order valence-corrected chi connectivity index (χ4v) is 10.7. The highest BCUT2D eigenvalue weighted by molar-refractivity contribution is 9.10. The first-order valence-corrected chi connectivity index (χ1v) is 29.6. The number of nitrogens with one attached hydrogen (secondary N) is 3. The van der Waals surface area contributed by atoms with Crippen molar-refractivity contribution in [2.24, 2.45) is 0 Å². The molecule has 14 nitrogen and oxygen atoms in total. The average molecular weight is 1450 g/mol. The number of hydrogen-bond acceptors (Lipinski definition) is 11. The number of piperidine rings is 3. The zero-order valence-corrected chi connectivity index (χ0v) is 56.1. The van der Waals surface area contributed by atoms with Crippen LogP contribution >= 0.6 is 165 Å². The first-order valence-electron chi connectivity index (χ1n) is 24.6. The molecule has 80 heavy (non-hydrogen) atoms. The zero-order chi connectivity index (χ0) is 55.6. The number of anilines is 1. The maximum Gasteiger partial charge on any atom is 0.410 e. The quantitative estimate of drug-likeness (QED) is 0.0845. The number of aromatic amines is 2. The van der Waals surface area contributed by atoms with Gasteiger partial charge >= 0.3 is 6.09 Å². The van der Waals surface area contributed by atoms with Crippen LogP contribution in [0.4, 0.5) is 10.7 Å². The summed E-state index contributed by atoms with van der Waals surface area (Å²) in [5.74, 6) is 0.800. The van der Waals surface area contributed by atoms with Crippen molar-refractivity contribution in [2.75, 3.05) is 44.2 Å². The highest BCUT2D eigenvalue weighted by Gasteiger charge is 2.27. The van der Waals surface area contributed by atoms with Gasteiger partial charge in [0, 0.05) is 68.2 Å². The van der Waals surface area contributed by atoms with E-state index in [1.54, 1.807) is 35.2 Å². The van der Waals surface area contributed by atoms with E-state index in [2.05, 4.69) is 72.0 Å². The van der Waals surface area contributed by atoms with Crippen molar-refractivity contribution in [2.45, 2.75) is 102 Å². The van der Waals surface area contributed by atoms with Gasteiger partial charge in [0.2, 0.25) is 5.95 Å².